The lowest BCUT2D eigenvalue weighted by Gasteiger charge is -2.50. The number of halogens is 9. The summed E-state index contributed by atoms with van der Waals surface area (Å²) in [4.78, 5) is 15.3. The second-order valence-corrected chi connectivity index (χ2v) is 18.1. The van der Waals surface area contributed by atoms with E-state index in [1.54, 1.807) is 0 Å². The molecule has 1 amide bonds. The molecule has 0 radical (unpaired) electrons. The number of alkyl halides is 9. The number of nitrogens with zero attached hydrogens (tertiary/aromatic N) is 1. The molecule has 16 heteroatoms. The Morgan fingerprint density at radius 2 is 1.61 bits per heavy atom. The van der Waals surface area contributed by atoms with Gasteiger partial charge in [-0.2, -0.15) is 39.5 Å². The minimum Gasteiger partial charge on any atom is -0.494 e. The molecule has 308 valence electrons. The number of fused-ring (bicyclic) bond motifs is 5. The van der Waals surface area contributed by atoms with E-state index in [2.05, 4.69) is 35.6 Å². The van der Waals surface area contributed by atoms with E-state index in [9.17, 15) is 44.3 Å². The number of amides is 1. The molecule has 2 saturated carbocycles. The van der Waals surface area contributed by atoms with Crippen LogP contribution in [0.1, 0.15) is 108 Å². The molecular weight excluding hydrogens is 770 g/mol. The van der Waals surface area contributed by atoms with Crippen molar-refractivity contribution in [2.24, 2.45) is 17.3 Å². The Kier molecular flexibility index (Phi) is 14.5. The Balaban J connectivity index is 1.10. The Morgan fingerprint density at radius 1 is 0.870 bits per heavy atom. The number of hydrogen-bond acceptors (Lipinski definition) is 6. The van der Waals surface area contributed by atoms with E-state index in [0.29, 0.717) is 49.7 Å². The first-order valence-corrected chi connectivity index (χ1v) is 21.7. The van der Waals surface area contributed by atoms with Crippen LogP contribution < -0.4 is 4.74 Å². The molecule has 5 rings (SSSR count). The van der Waals surface area contributed by atoms with Crippen molar-refractivity contribution in [2.45, 2.75) is 140 Å². The van der Waals surface area contributed by atoms with Crippen LogP contribution >= 0.6 is 21.6 Å². The van der Waals surface area contributed by atoms with E-state index >= 15 is 0 Å². The van der Waals surface area contributed by atoms with Gasteiger partial charge in [-0.05, 0) is 111 Å². The normalized spacial score (nSPS) is 27.6. The number of unbranched alkanes of at least 4 members (excludes halogenated alkanes) is 2. The Morgan fingerprint density at radius 3 is 2.28 bits per heavy atom. The van der Waals surface area contributed by atoms with E-state index < -0.39 is 37.2 Å². The van der Waals surface area contributed by atoms with Crippen LogP contribution in [0.3, 0.4) is 0 Å². The van der Waals surface area contributed by atoms with E-state index in [1.807, 2.05) is 27.7 Å². The van der Waals surface area contributed by atoms with Crippen molar-refractivity contribution >= 4 is 27.5 Å². The summed E-state index contributed by atoms with van der Waals surface area (Å²) in [5.41, 5.74) is -3.98. The highest BCUT2D eigenvalue weighted by atomic mass is 33.1. The third-order valence-corrected chi connectivity index (χ3v) is 14.7. The largest absolute Gasteiger partial charge is 0.494 e. The molecule has 6 atom stereocenters. The standard InChI is InChI=1S/C38H52F9NO4S2/c1-3-4-5-18-48(26-16-22-53-54-24-26)33(49)8-6-19-50-27-10-12-28-25(23-27)9-11-30-29(28)15-17-34(2)31(30)13-14-32(34)51-20-7-21-52-35(36(39,40)41,37(42,43)44)38(45,46)47/h10,12,23,26,29-32H,3-9,11,13-22,24H2,1-2H3/t26?,29-,30-,31+,32+,34+/m1/s1. The lowest BCUT2D eigenvalue weighted by atomic mass is 9.55. The predicted octanol–water partition coefficient (Wildman–Crippen LogP) is 11.1. The number of hydrogen-bond donors (Lipinski definition) is 0. The van der Waals surface area contributed by atoms with Gasteiger partial charge in [0.25, 0.3) is 0 Å². The number of ether oxygens (including phenoxy) is 3. The van der Waals surface area contributed by atoms with Gasteiger partial charge in [-0.3, -0.25) is 4.79 Å². The molecule has 0 N–H and O–H groups in total. The van der Waals surface area contributed by atoms with Crippen molar-refractivity contribution in [2.75, 3.05) is 37.9 Å². The minimum absolute atomic E-state index is 0.209. The van der Waals surface area contributed by atoms with Crippen LogP contribution in [-0.4, -0.2) is 85.0 Å². The first-order valence-electron chi connectivity index (χ1n) is 19.2. The highest BCUT2D eigenvalue weighted by Gasteiger charge is 2.85. The van der Waals surface area contributed by atoms with Crippen molar-refractivity contribution in [3.8, 4) is 5.75 Å². The van der Waals surface area contributed by atoms with Crippen molar-refractivity contribution < 1.29 is 58.5 Å². The van der Waals surface area contributed by atoms with Crippen LogP contribution in [0.2, 0.25) is 0 Å². The summed E-state index contributed by atoms with van der Waals surface area (Å²) in [7, 11) is 3.73. The summed E-state index contributed by atoms with van der Waals surface area (Å²) >= 11 is 0. The fourth-order valence-corrected chi connectivity index (χ4v) is 11.9. The monoisotopic (exact) mass is 821 g/mol. The zero-order chi connectivity index (χ0) is 39.4. The molecule has 1 aromatic carbocycles. The van der Waals surface area contributed by atoms with Crippen LogP contribution in [0.25, 0.3) is 0 Å². The Bertz CT molecular complexity index is 1350. The minimum atomic E-state index is -6.74. The summed E-state index contributed by atoms with van der Waals surface area (Å²) in [5.74, 6) is 4.04. The topological polar surface area (TPSA) is 48.0 Å². The highest BCUT2D eigenvalue weighted by Crippen LogP contribution is 2.62. The maximum atomic E-state index is 13.2. The fourth-order valence-electron chi connectivity index (χ4n) is 9.41. The van der Waals surface area contributed by atoms with Crippen LogP contribution in [0.5, 0.6) is 5.75 Å². The van der Waals surface area contributed by atoms with Crippen molar-refractivity contribution in [3.05, 3.63) is 29.3 Å². The van der Waals surface area contributed by atoms with Gasteiger partial charge in [0.2, 0.25) is 5.91 Å². The maximum Gasteiger partial charge on any atom is 0.435 e. The molecular formula is C38H52F9NO4S2. The lowest BCUT2D eigenvalue weighted by molar-refractivity contribution is -0.457. The number of carbonyl (C=O) groups excluding carboxylic acids is 1. The summed E-state index contributed by atoms with van der Waals surface area (Å²) < 4.78 is 134. The van der Waals surface area contributed by atoms with E-state index in [1.165, 1.54) is 11.1 Å². The van der Waals surface area contributed by atoms with Gasteiger partial charge in [-0.1, -0.05) is 54.3 Å². The zero-order valence-electron chi connectivity index (χ0n) is 30.9. The predicted molar refractivity (Wildman–Crippen MR) is 192 cm³/mol. The molecule has 54 heavy (non-hydrogen) atoms. The lowest BCUT2D eigenvalue weighted by Crippen LogP contribution is -2.67. The number of rotatable bonds is 16. The Labute approximate surface area is 319 Å². The second-order valence-electron chi connectivity index (χ2n) is 15.4. The molecule has 4 aliphatic rings. The molecule has 1 heterocycles. The van der Waals surface area contributed by atoms with Crippen LogP contribution in [0.15, 0.2) is 18.2 Å². The van der Waals surface area contributed by atoms with Gasteiger partial charge >= 0.3 is 24.1 Å². The Hall–Kier alpha value is -1.52. The van der Waals surface area contributed by atoms with E-state index in [0.717, 1.165) is 81.6 Å². The fraction of sp³-hybridized carbons (Fsp3) is 0.816. The summed E-state index contributed by atoms with van der Waals surface area (Å²) in [6.07, 6.45) is -10.7. The van der Waals surface area contributed by atoms with Gasteiger partial charge in [0.15, 0.2) is 0 Å². The van der Waals surface area contributed by atoms with Crippen LogP contribution in [0, 0.1) is 17.3 Å². The van der Waals surface area contributed by atoms with Gasteiger partial charge in [-0.15, -0.1) is 0 Å². The summed E-state index contributed by atoms with van der Waals surface area (Å²) in [6, 6.07) is 6.57. The maximum absolute atomic E-state index is 13.2. The van der Waals surface area contributed by atoms with Gasteiger partial charge in [0, 0.05) is 37.1 Å². The van der Waals surface area contributed by atoms with Gasteiger partial charge < -0.3 is 19.1 Å². The third-order valence-electron chi connectivity index (χ3n) is 12.2. The van der Waals surface area contributed by atoms with E-state index in [4.69, 9.17) is 9.47 Å². The van der Waals surface area contributed by atoms with Crippen molar-refractivity contribution in [3.63, 3.8) is 0 Å². The van der Waals surface area contributed by atoms with Gasteiger partial charge in [0.05, 0.1) is 19.3 Å². The molecule has 0 spiro atoms. The second kappa shape index (κ2) is 18.0. The number of benzene rings is 1. The van der Waals surface area contributed by atoms with E-state index in [-0.39, 0.29) is 24.0 Å². The number of aryl methyl sites for hydroxylation is 1. The van der Waals surface area contributed by atoms with Gasteiger partial charge in [-0.25, -0.2) is 0 Å². The molecule has 1 aliphatic heterocycles. The quantitative estimate of drug-likeness (QED) is 0.0940. The molecule has 1 saturated heterocycles. The molecule has 3 fully saturated rings. The van der Waals surface area contributed by atoms with Crippen LogP contribution in [-0.2, 0) is 20.7 Å². The average molecular weight is 822 g/mol. The van der Waals surface area contributed by atoms with Crippen molar-refractivity contribution in [1.82, 2.24) is 4.90 Å². The molecule has 1 unspecified atom stereocenters. The smallest absolute Gasteiger partial charge is 0.435 e. The zero-order valence-corrected chi connectivity index (χ0v) is 32.5. The SMILES string of the molecule is CCCCCN(C(=O)CCCOc1ccc2c(c1)CC[C@@H]1[C@@H]2CC[C@]2(C)[C@@H](OCCCOC(C(F)(F)F)(C(F)(F)F)C(F)(F)F)CC[C@@H]12)C1CCSSC1. The first-order chi connectivity index (χ1) is 25.4. The summed E-state index contributed by atoms with van der Waals surface area (Å²) in [6.45, 7) is 3.80. The first kappa shape index (κ1) is 43.6. The molecule has 1 aromatic rings. The van der Waals surface area contributed by atoms with Gasteiger partial charge in [0.1, 0.15) is 5.75 Å². The third kappa shape index (κ3) is 9.27. The number of carbonyl (C=O) groups is 1. The molecule has 0 bridgehead atoms. The van der Waals surface area contributed by atoms with Crippen LogP contribution in [0.4, 0.5) is 39.5 Å². The van der Waals surface area contributed by atoms with Crippen molar-refractivity contribution in [1.29, 1.82) is 0 Å². The molecule has 0 aromatic heterocycles. The average Bonchev–Trinajstić information content (AvgIpc) is 3.44. The molecule has 5 nitrogen and oxygen atoms in total. The highest BCUT2D eigenvalue weighted by molar-refractivity contribution is 8.76. The molecule has 3 aliphatic carbocycles. The summed E-state index contributed by atoms with van der Waals surface area (Å²) in [5, 5.41) is 0.